The van der Waals surface area contributed by atoms with Gasteiger partial charge in [-0.1, -0.05) is 0 Å². The number of hydrogen-bond donors (Lipinski definition) is 4. The molecule has 0 spiro atoms. The zero-order valence-electron chi connectivity index (χ0n) is 18.7. The van der Waals surface area contributed by atoms with Crippen molar-refractivity contribution in [2.75, 3.05) is 13.1 Å². The SMILES string of the molecule is CCNC(=NCC(C)(O)c1ccco1)NC1CCC(NC(=O)OC(C)(C)C)CC1.I. The number of halogens is 1. The number of nitrogens with zero attached hydrogens (tertiary/aromatic N) is 1. The number of guanidine groups is 1. The second-order valence-electron chi connectivity index (χ2n) is 8.79. The van der Waals surface area contributed by atoms with E-state index in [4.69, 9.17) is 9.15 Å². The first-order chi connectivity index (χ1) is 13.6. The third kappa shape index (κ3) is 9.11. The molecule has 1 aliphatic rings. The van der Waals surface area contributed by atoms with Gasteiger partial charge in [0, 0.05) is 18.6 Å². The van der Waals surface area contributed by atoms with Crippen molar-refractivity contribution in [2.45, 2.75) is 83.6 Å². The summed E-state index contributed by atoms with van der Waals surface area (Å²) in [7, 11) is 0. The van der Waals surface area contributed by atoms with E-state index in [9.17, 15) is 9.90 Å². The second-order valence-corrected chi connectivity index (χ2v) is 8.79. The van der Waals surface area contributed by atoms with Crippen LogP contribution in [0.15, 0.2) is 27.8 Å². The molecule has 1 aromatic heterocycles. The fourth-order valence-corrected chi connectivity index (χ4v) is 3.27. The first-order valence-electron chi connectivity index (χ1n) is 10.4. The highest BCUT2D eigenvalue weighted by molar-refractivity contribution is 14.0. The molecular formula is C21H37IN4O4. The van der Waals surface area contributed by atoms with Gasteiger partial charge in [-0.15, -0.1) is 24.0 Å². The minimum Gasteiger partial charge on any atom is -0.466 e. The number of ether oxygens (including phenoxy) is 1. The van der Waals surface area contributed by atoms with Crippen molar-refractivity contribution >= 4 is 36.0 Å². The Morgan fingerprint density at radius 2 is 1.80 bits per heavy atom. The van der Waals surface area contributed by atoms with Crippen LogP contribution in [-0.4, -0.2) is 47.9 Å². The summed E-state index contributed by atoms with van der Waals surface area (Å²) >= 11 is 0. The van der Waals surface area contributed by atoms with E-state index in [0.717, 1.165) is 32.2 Å². The van der Waals surface area contributed by atoms with Gasteiger partial charge in [-0.25, -0.2) is 9.79 Å². The van der Waals surface area contributed by atoms with Crippen LogP contribution in [0.3, 0.4) is 0 Å². The second kappa shape index (κ2) is 11.8. The van der Waals surface area contributed by atoms with Crippen molar-refractivity contribution in [3.8, 4) is 0 Å². The van der Waals surface area contributed by atoms with Crippen molar-refractivity contribution in [3.05, 3.63) is 24.2 Å². The Hall–Kier alpha value is -1.49. The van der Waals surface area contributed by atoms with Gasteiger partial charge in [0.05, 0.1) is 12.8 Å². The number of hydrogen-bond acceptors (Lipinski definition) is 5. The number of furan rings is 1. The Morgan fingerprint density at radius 3 is 2.30 bits per heavy atom. The summed E-state index contributed by atoms with van der Waals surface area (Å²) in [6.45, 7) is 10.2. The molecule has 0 radical (unpaired) electrons. The van der Waals surface area contributed by atoms with Crippen LogP contribution in [0.25, 0.3) is 0 Å². The molecule has 2 rings (SSSR count). The number of aliphatic imine (C=N–C) groups is 1. The molecule has 1 saturated carbocycles. The number of amides is 1. The minimum atomic E-state index is -1.17. The van der Waals surface area contributed by atoms with Crippen molar-refractivity contribution in [3.63, 3.8) is 0 Å². The quantitative estimate of drug-likeness (QED) is 0.252. The summed E-state index contributed by atoms with van der Waals surface area (Å²) in [6.07, 6.45) is 4.77. The van der Waals surface area contributed by atoms with Gasteiger partial charge in [0.15, 0.2) is 5.96 Å². The number of nitrogens with one attached hydrogen (secondary N) is 3. The zero-order chi connectivity index (χ0) is 21.5. The average molecular weight is 536 g/mol. The number of carbonyl (C=O) groups excluding carboxylic acids is 1. The summed E-state index contributed by atoms with van der Waals surface area (Å²) in [5.74, 6) is 1.16. The van der Waals surface area contributed by atoms with Crippen LogP contribution in [0, 0.1) is 0 Å². The predicted octanol–water partition coefficient (Wildman–Crippen LogP) is 3.50. The highest BCUT2D eigenvalue weighted by Gasteiger charge is 2.27. The van der Waals surface area contributed by atoms with Gasteiger partial charge in [-0.2, -0.15) is 0 Å². The molecule has 1 unspecified atom stereocenters. The largest absolute Gasteiger partial charge is 0.466 e. The van der Waals surface area contributed by atoms with Crippen LogP contribution in [0.2, 0.25) is 0 Å². The zero-order valence-corrected chi connectivity index (χ0v) is 21.0. The summed E-state index contributed by atoms with van der Waals surface area (Å²) in [5, 5.41) is 20.2. The van der Waals surface area contributed by atoms with Gasteiger partial charge in [0.1, 0.15) is 17.0 Å². The van der Waals surface area contributed by atoms with E-state index >= 15 is 0 Å². The Balaban J connectivity index is 0.00000450. The first kappa shape index (κ1) is 26.5. The normalized spacial score (nSPS) is 21.7. The van der Waals surface area contributed by atoms with E-state index in [0.29, 0.717) is 11.7 Å². The molecule has 1 amide bonds. The molecule has 1 atom stereocenters. The monoisotopic (exact) mass is 536 g/mol. The third-order valence-electron chi connectivity index (χ3n) is 4.73. The average Bonchev–Trinajstić information content (AvgIpc) is 3.15. The predicted molar refractivity (Wildman–Crippen MR) is 128 cm³/mol. The number of alkyl carbamates (subject to hydrolysis) is 1. The molecule has 0 aromatic carbocycles. The Labute approximate surface area is 196 Å². The molecule has 0 aliphatic heterocycles. The number of aliphatic hydroxyl groups is 1. The lowest BCUT2D eigenvalue weighted by molar-refractivity contribution is 0.0436. The summed E-state index contributed by atoms with van der Waals surface area (Å²) < 4.78 is 10.6. The third-order valence-corrected chi connectivity index (χ3v) is 4.73. The van der Waals surface area contributed by atoms with Gasteiger partial charge in [-0.3, -0.25) is 0 Å². The molecule has 1 aliphatic carbocycles. The van der Waals surface area contributed by atoms with E-state index in [1.165, 1.54) is 0 Å². The van der Waals surface area contributed by atoms with E-state index < -0.39 is 11.2 Å². The highest BCUT2D eigenvalue weighted by atomic mass is 127. The molecule has 0 saturated heterocycles. The molecule has 1 aromatic rings. The summed E-state index contributed by atoms with van der Waals surface area (Å²) in [6, 6.07) is 3.88. The smallest absolute Gasteiger partial charge is 0.407 e. The molecule has 30 heavy (non-hydrogen) atoms. The Bertz CT molecular complexity index is 663. The summed E-state index contributed by atoms with van der Waals surface area (Å²) in [5.41, 5.74) is -1.66. The fourth-order valence-electron chi connectivity index (χ4n) is 3.27. The molecule has 172 valence electrons. The van der Waals surface area contributed by atoms with Gasteiger partial charge < -0.3 is 30.2 Å². The maximum atomic E-state index is 11.9. The van der Waals surface area contributed by atoms with E-state index in [-0.39, 0.29) is 48.7 Å². The number of rotatable bonds is 6. The minimum absolute atomic E-state index is 0. The van der Waals surface area contributed by atoms with Gasteiger partial charge in [-0.05, 0) is 72.4 Å². The highest BCUT2D eigenvalue weighted by Crippen LogP contribution is 2.22. The van der Waals surface area contributed by atoms with Crippen LogP contribution >= 0.6 is 24.0 Å². The van der Waals surface area contributed by atoms with Crippen molar-refractivity contribution in [2.24, 2.45) is 4.99 Å². The molecule has 1 fully saturated rings. The van der Waals surface area contributed by atoms with E-state index in [2.05, 4.69) is 20.9 Å². The maximum absolute atomic E-state index is 11.9. The lowest BCUT2D eigenvalue weighted by Crippen LogP contribution is -2.48. The van der Waals surface area contributed by atoms with Crippen LogP contribution in [0.4, 0.5) is 4.79 Å². The molecule has 9 heteroatoms. The van der Waals surface area contributed by atoms with Crippen LogP contribution in [0.1, 0.15) is 66.1 Å². The lowest BCUT2D eigenvalue weighted by Gasteiger charge is -2.31. The molecule has 8 nitrogen and oxygen atoms in total. The summed E-state index contributed by atoms with van der Waals surface area (Å²) in [4.78, 5) is 16.5. The van der Waals surface area contributed by atoms with Gasteiger partial charge in [0.2, 0.25) is 0 Å². The standard InChI is InChI=1S/C21H36N4O4.HI/c1-6-22-18(23-14-21(5,27)17-8-7-13-28-17)24-15-9-11-16(12-10-15)25-19(26)29-20(2,3)4;/h7-8,13,15-16,27H,6,9-12,14H2,1-5H3,(H,25,26)(H2,22,23,24);1H. The number of carbonyl (C=O) groups is 1. The lowest BCUT2D eigenvalue weighted by atomic mass is 9.91. The first-order valence-corrected chi connectivity index (χ1v) is 10.4. The Morgan fingerprint density at radius 1 is 1.20 bits per heavy atom. The molecule has 1 heterocycles. The molecular weight excluding hydrogens is 499 g/mol. The van der Waals surface area contributed by atoms with Crippen LogP contribution in [0.5, 0.6) is 0 Å². The van der Waals surface area contributed by atoms with Crippen molar-refractivity contribution < 1.29 is 19.1 Å². The van der Waals surface area contributed by atoms with Gasteiger partial charge in [0.25, 0.3) is 0 Å². The van der Waals surface area contributed by atoms with Crippen molar-refractivity contribution in [1.82, 2.24) is 16.0 Å². The molecule has 4 N–H and O–H groups in total. The Kier molecular flexibility index (Phi) is 10.4. The topological polar surface area (TPSA) is 108 Å². The van der Waals surface area contributed by atoms with Crippen LogP contribution < -0.4 is 16.0 Å². The van der Waals surface area contributed by atoms with Crippen LogP contribution in [-0.2, 0) is 10.3 Å². The van der Waals surface area contributed by atoms with Gasteiger partial charge >= 0.3 is 6.09 Å². The maximum Gasteiger partial charge on any atom is 0.407 e. The fraction of sp³-hybridized carbons (Fsp3) is 0.714. The van der Waals surface area contributed by atoms with E-state index in [1.807, 2.05) is 27.7 Å². The van der Waals surface area contributed by atoms with E-state index in [1.54, 1.807) is 25.3 Å². The van der Waals surface area contributed by atoms with Crippen molar-refractivity contribution in [1.29, 1.82) is 0 Å². The molecule has 0 bridgehead atoms.